The molecule has 0 saturated carbocycles. The van der Waals surface area contributed by atoms with Crippen LogP contribution >= 0.6 is 0 Å². The van der Waals surface area contributed by atoms with Gasteiger partial charge in [-0.05, 0) is 35.4 Å². The number of ether oxygens (including phenoxy) is 1. The molecular weight excluding hydrogens is 407 g/mol. The largest absolute Gasteiger partial charge is 0.491 e. The summed E-state index contributed by atoms with van der Waals surface area (Å²) in [5.74, 6) is 0.551. The minimum absolute atomic E-state index is 0.126. The van der Waals surface area contributed by atoms with Crippen LogP contribution in [0.15, 0.2) is 54.4 Å². The fourth-order valence-corrected chi connectivity index (χ4v) is 3.52. The van der Waals surface area contributed by atoms with Gasteiger partial charge in [-0.3, -0.25) is 4.79 Å². The van der Waals surface area contributed by atoms with Gasteiger partial charge in [0.15, 0.2) is 11.9 Å². The number of carbonyl (C=O) groups excluding carboxylic acids is 1. The predicted molar refractivity (Wildman–Crippen MR) is 111 cm³/mol. The summed E-state index contributed by atoms with van der Waals surface area (Å²) in [5.41, 5.74) is 3.26. The van der Waals surface area contributed by atoms with Gasteiger partial charge in [0, 0.05) is 26.1 Å². The van der Waals surface area contributed by atoms with E-state index in [2.05, 4.69) is 5.32 Å². The molecule has 1 N–H and O–H groups in total. The Morgan fingerprint density at radius 3 is 2.45 bits per heavy atom. The van der Waals surface area contributed by atoms with Crippen molar-refractivity contribution >= 4 is 11.6 Å². The third-order valence-electron chi connectivity index (χ3n) is 5.44. The summed E-state index contributed by atoms with van der Waals surface area (Å²) in [4.78, 5) is 14.8. The summed E-state index contributed by atoms with van der Waals surface area (Å²) in [6.07, 6.45) is -2.56. The number of nitrogens with zero attached hydrogens (tertiary/aromatic N) is 2. The fourth-order valence-electron chi connectivity index (χ4n) is 3.52. The van der Waals surface area contributed by atoms with Crippen LogP contribution in [0.25, 0.3) is 11.1 Å². The molecule has 0 unspecified atom stereocenters. The first-order valence-electron chi connectivity index (χ1n) is 9.97. The van der Waals surface area contributed by atoms with Crippen molar-refractivity contribution in [1.29, 1.82) is 0 Å². The molecule has 4 rings (SSSR count). The number of nitrogens with one attached hydrogen (secondary N) is 1. The number of rotatable bonds is 4. The van der Waals surface area contributed by atoms with E-state index in [1.54, 1.807) is 18.0 Å². The lowest BCUT2D eigenvalue weighted by Gasteiger charge is -2.20. The summed E-state index contributed by atoms with van der Waals surface area (Å²) < 4.78 is 46.3. The zero-order valence-electron chi connectivity index (χ0n) is 17.3. The third kappa shape index (κ3) is 4.57. The average Bonchev–Trinajstić information content (AvgIpc) is 3.49. The van der Waals surface area contributed by atoms with Crippen molar-refractivity contribution in [3.8, 4) is 16.9 Å². The Hall–Kier alpha value is -3.29. The highest BCUT2D eigenvalue weighted by molar-refractivity contribution is 5.93. The molecule has 0 bridgehead atoms. The zero-order valence-corrected chi connectivity index (χ0v) is 17.3. The van der Waals surface area contributed by atoms with Crippen LogP contribution in [-0.2, 0) is 17.5 Å². The highest BCUT2D eigenvalue weighted by atomic mass is 19.4. The van der Waals surface area contributed by atoms with Crippen LogP contribution in [0.4, 0.5) is 13.2 Å². The normalized spacial score (nSPS) is 16.4. The monoisotopic (exact) mass is 430 g/mol. The molecule has 0 atom stereocenters. The second kappa shape index (κ2) is 8.09. The van der Waals surface area contributed by atoms with Gasteiger partial charge < -0.3 is 15.0 Å². The second-order valence-electron chi connectivity index (χ2n) is 7.63. The lowest BCUT2D eigenvalue weighted by molar-refractivity contribution is -0.361. The lowest BCUT2D eigenvalue weighted by Crippen LogP contribution is -2.36. The van der Waals surface area contributed by atoms with Crippen molar-refractivity contribution in [1.82, 2.24) is 10.2 Å². The maximum absolute atomic E-state index is 13.0. The summed E-state index contributed by atoms with van der Waals surface area (Å²) >= 11 is 0. The molecule has 2 aromatic carbocycles. The van der Waals surface area contributed by atoms with Gasteiger partial charge in [-0.2, -0.15) is 17.7 Å². The Balaban J connectivity index is 1.58. The molecule has 2 aliphatic rings. The Kier molecular flexibility index (Phi) is 5.47. The molecule has 2 heterocycles. The van der Waals surface area contributed by atoms with E-state index in [-0.39, 0.29) is 5.91 Å². The van der Waals surface area contributed by atoms with Gasteiger partial charge in [0.1, 0.15) is 12.4 Å². The molecule has 0 saturated heterocycles. The van der Waals surface area contributed by atoms with E-state index in [9.17, 15) is 18.0 Å². The first kappa shape index (κ1) is 21.0. The number of benzene rings is 2. The molecule has 0 aliphatic carbocycles. The van der Waals surface area contributed by atoms with E-state index in [4.69, 9.17) is 4.74 Å². The van der Waals surface area contributed by atoms with Crippen LogP contribution in [0.1, 0.15) is 18.1 Å². The quantitative estimate of drug-likeness (QED) is 0.595. The molecule has 2 aromatic rings. The molecule has 0 aromatic heterocycles. The molecule has 0 spiro atoms. The fraction of sp³-hybridized carbons (Fsp3) is 0.304. The van der Waals surface area contributed by atoms with Gasteiger partial charge in [0.05, 0.1) is 12.1 Å². The second-order valence-corrected chi connectivity index (χ2v) is 7.63. The Labute approximate surface area is 178 Å². The van der Waals surface area contributed by atoms with E-state index in [1.165, 1.54) is 17.8 Å². The van der Waals surface area contributed by atoms with Gasteiger partial charge in [0.2, 0.25) is 12.3 Å². The van der Waals surface area contributed by atoms with E-state index in [1.807, 2.05) is 29.8 Å². The first-order valence-corrected chi connectivity index (χ1v) is 9.97. The summed E-state index contributed by atoms with van der Waals surface area (Å²) in [5, 5.41) is 2.97. The van der Waals surface area contributed by atoms with Crippen molar-refractivity contribution in [2.24, 2.45) is 0 Å². The zero-order chi connectivity index (χ0) is 22.2. The van der Waals surface area contributed by atoms with Crippen LogP contribution < -0.4 is 10.1 Å². The van der Waals surface area contributed by atoms with Gasteiger partial charge in [-0.25, -0.2) is 0 Å². The SMILES string of the molecule is CNC(=C[N+]1=C(C)C1)C(=O)N1CCOc2ccc(-c3ccc(C(F)(F)F)cc3)cc2C1. The maximum Gasteiger partial charge on any atom is 0.416 e. The van der Waals surface area contributed by atoms with Crippen molar-refractivity contribution in [2.45, 2.75) is 19.6 Å². The summed E-state index contributed by atoms with van der Waals surface area (Å²) in [7, 11) is 1.72. The number of alkyl halides is 3. The van der Waals surface area contributed by atoms with Crippen LogP contribution in [0, 0.1) is 0 Å². The molecule has 1 amide bonds. The molecule has 162 valence electrons. The smallest absolute Gasteiger partial charge is 0.416 e. The molecule has 0 radical (unpaired) electrons. The Morgan fingerprint density at radius 2 is 1.84 bits per heavy atom. The minimum atomic E-state index is -4.37. The topological polar surface area (TPSA) is 44.6 Å². The third-order valence-corrected chi connectivity index (χ3v) is 5.44. The molecule has 31 heavy (non-hydrogen) atoms. The summed E-state index contributed by atoms with van der Waals surface area (Å²) in [6, 6.07) is 10.5. The van der Waals surface area contributed by atoms with Crippen LogP contribution in [-0.4, -0.2) is 47.8 Å². The van der Waals surface area contributed by atoms with Crippen molar-refractivity contribution in [2.75, 3.05) is 26.7 Å². The predicted octanol–water partition coefficient (Wildman–Crippen LogP) is 3.64. The Bertz CT molecular complexity index is 1070. The van der Waals surface area contributed by atoms with Crippen molar-refractivity contribution in [3.63, 3.8) is 0 Å². The van der Waals surface area contributed by atoms with Gasteiger partial charge in [-0.15, -0.1) is 0 Å². The van der Waals surface area contributed by atoms with E-state index >= 15 is 0 Å². The van der Waals surface area contributed by atoms with E-state index < -0.39 is 11.7 Å². The maximum atomic E-state index is 13.0. The molecular formula is C23H23F3N3O2+. The number of hydrogen-bond donors (Lipinski definition) is 1. The van der Waals surface area contributed by atoms with Crippen LogP contribution in [0.5, 0.6) is 5.75 Å². The number of amides is 1. The van der Waals surface area contributed by atoms with Crippen LogP contribution in [0.2, 0.25) is 0 Å². The van der Waals surface area contributed by atoms with E-state index in [0.29, 0.717) is 36.7 Å². The number of carbonyl (C=O) groups is 1. The van der Waals surface area contributed by atoms with Crippen molar-refractivity contribution in [3.05, 3.63) is 65.5 Å². The first-order chi connectivity index (χ1) is 14.8. The minimum Gasteiger partial charge on any atom is -0.491 e. The highest BCUT2D eigenvalue weighted by Gasteiger charge is 2.31. The van der Waals surface area contributed by atoms with Gasteiger partial charge >= 0.3 is 6.18 Å². The number of fused-ring (bicyclic) bond motifs is 1. The molecule has 2 aliphatic heterocycles. The highest BCUT2D eigenvalue weighted by Crippen LogP contribution is 2.33. The average molecular weight is 430 g/mol. The molecule has 0 fully saturated rings. The number of hydrogen-bond acceptors (Lipinski definition) is 3. The van der Waals surface area contributed by atoms with Gasteiger partial charge in [0.25, 0.3) is 5.91 Å². The summed E-state index contributed by atoms with van der Waals surface area (Å²) in [6.45, 7) is 4.01. The number of likely N-dealkylation sites (N-methyl/N-ethyl adjacent to an activating group) is 1. The van der Waals surface area contributed by atoms with Crippen LogP contribution in [0.3, 0.4) is 0 Å². The molecule has 8 heteroatoms. The van der Waals surface area contributed by atoms with Gasteiger partial charge in [-0.1, -0.05) is 18.2 Å². The Morgan fingerprint density at radius 1 is 1.16 bits per heavy atom. The molecule has 5 nitrogen and oxygen atoms in total. The number of halogens is 3. The standard InChI is InChI=1S/C23H23F3N3O2/c1-15-12-29(15)14-20(27-2)22(30)28-9-10-31-21-8-5-17(11-18(21)13-28)16-3-6-19(7-4-16)23(24,25)26/h3-8,11,14,27H,9-10,12-13H2,1-2H3/q+1. The lowest BCUT2D eigenvalue weighted by atomic mass is 10.0. The van der Waals surface area contributed by atoms with E-state index in [0.717, 1.165) is 29.8 Å². The van der Waals surface area contributed by atoms with Crippen molar-refractivity contribution < 1.29 is 27.3 Å².